The third-order valence-corrected chi connectivity index (χ3v) is 4.75. The fourth-order valence-corrected chi connectivity index (χ4v) is 3.23. The molecule has 1 N–H and O–H groups in total. The standard InChI is InChI=1S/C12H26N2/c1-9-10(2,3)13-11(4,5)12(9,6)14(7)8/h9,13H,1-8H3. The van der Waals surface area contributed by atoms with E-state index in [1.54, 1.807) is 0 Å². The molecule has 0 radical (unpaired) electrons. The second kappa shape index (κ2) is 2.96. The van der Waals surface area contributed by atoms with Gasteiger partial charge < -0.3 is 10.2 Å². The van der Waals surface area contributed by atoms with E-state index in [4.69, 9.17) is 0 Å². The average Bonchev–Trinajstić information content (AvgIpc) is 2.08. The Hall–Kier alpha value is -0.0800. The molecule has 2 atom stereocenters. The van der Waals surface area contributed by atoms with Crippen LogP contribution in [0.25, 0.3) is 0 Å². The minimum Gasteiger partial charge on any atom is -0.305 e. The maximum atomic E-state index is 3.75. The van der Waals surface area contributed by atoms with Gasteiger partial charge in [0, 0.05) is 16.6 Å². The second-order valence-corrected chi connectivity index (χ2v) is 6.24. The highest BCUT2D eigenvalue weighted by molar-refractivity contribution is 5.18. The third-order valence-electron chi connectivity index (χ3n) is 4.75. The van der Waals surface area contributed by atoms with Crippen molar-refractivity contribution < 1.29 is 0 Å². The van der Waals surface area contributed by atoms with E-state index < -0.39 is 0 Å². The smallest absolute Gasteiger partial charge is 0.0394 e. The lowest BCUT2D eigenvalue weighted by Gasteiger charge is -2.46. The highest BCUT2D eigenvalue weighted by Crippen LogP contribution is 2.46. The largest absolute Gasteiger partial charge is 0.305 e. The predicted molar refractivity (Wildman–Crippen MR) is 62.5 cm³/mol. The topological polar surface area (TPSA) is 15.3 Å². The van der Waals surface area contributed by atoms with Gasteiger partial charge in [-0.3, -0.25) is 0 Å². The molecule has 14 heavy (non-hydrogen) atoms. The van der Waals surface area contributed by atoms with Crippen molar-refractivity contribution in [2.75, 3.05) is 14.1 Å². The minimum atomic E-state index is 0.152. The van der Waals surface area contributed by atoms with Gasteiger partial charge in [0.05, 0.1) is 0 Å². The van der Waals surface area contributed by atoms with Crippen LogP contribution in [0.1, 0.15) is 41.5 Å². The Bertz CT molecular complexity index is 230. The van der Waals surface area contributed by atoms with Gasteiger partial charge in [0.2, 0.25) is 0 Å². The summed E-state index contributed by atoms with van der Waals surface area (Å²) in [5.74, 6) is 0.625. The van der Waals surface area contributed by atoms with Crippen molar-refractivity contribution in [3.8, 4) is 0 Å². The zero-order valence-electron chi connectivity index (χ0n) is 11.0. The van der Waals surface area contributed by atoms with Crippen molar-refractivity contribution in [3.63, 3.8) is 0 Å². The van der Waals surface area contributed by atoms with E-state index in [0.29, 0.717) is 5.92 Å². The van der Waals surface area contributed by atoms with Crippen molar-refractivity contribution in [3.05, 3.63) is 0 Å². The molecule has 2 heteroatoms. The summed E-state index contributed by atoms with van der Waals surface area (Å²) in [6.45, 7) is 13.9. The predicted octanol–water partition coefficient (Wildman–Crippen LogP) is 2.10. The van der Waals surface area contributed by atoms with Gasteiger partial charge in [0.15, 0.2) is 0 Å². The average molecular weight is 198 g/mol. The first-order valence-corrected chi connectivity index (χ1v) is 5.52. The highest BCUT2D eigenvalue weighted by atomic mass is 15.3. The van der Waals surface area contributed by atoms with Gasteiger partial charge in [0.25, 0.3) is 0 Å². The summed E-state index contributed by atoms with van der Waals surface area (Å²) in [6, 6.07) is 0. The van der Waals surface area contributed by atoms with Crippen LogP contribution in [0.4, 0.5) is 0 Å². The summed E-state index contributed by atoms with van der Waals surface area (Å²) in [5.41, 5.74) is 0.568. The molecule has 0 aromatic heterocycles. The first kappa shape index (κ1) is 12.0. The van der Waals surface area contributed by atoms with E-state index in [0.717, 1.165) is 0 Å². The van der Waals surface area contributed by atoms with Crippen LogP contribution in [0.3, 0.4) is 0 Å². The lowest BCUT2D eigenvalue weighted by molar-refractivity contribution is 0.0680. The fraction of sp³-hybridized carbons (Fsp3) is 1.00. The Morgan fingerprint density at radius 1 is 1.00 bits per heavy atom. The van der Waals surface area contributed by atoms with E-state index in [-0.39, 0.29) is 16.6 Å². The Kier molecular flexibility index (Phi) is 2.53. The molecule has 0 saturated carbocycles. The molecule has 1 heterocycles. The van der Waals surface area contributed by atoms with Gasteiger partial charge in [-0.15, -0.1) is 0 Å². The number of hydrogen-bond acceptors (Lipinski definition) is 2. The molecule has 0 amide bonds. The van der Waals surface area contributed by atoms with Crippen molar-refractivity contribution in [2.24, 2.45) is 5.92 Å². The molecule has 1 saturated heterocycles. The molecule has 1 rings (SSSR count). The molecule has 0 aliphatic carbocycles. The van der Waals surface area contributed by atoms with Crippen LogP contribution in [0, 0.1) is 5.92 Å². The second-order valence-electron chi connectivity index (χ2n) is 6.24. The first-order chi connectivity index (χ1) is 6.06. The summed E-state index contributed by atoms with van der Waals surface area (Å²) in [7, 11) is 4.36. The highest BCUT2D eigenvalue weighted by Gasteiger charge is 2.58. The number of nitrogens with one attached hydrogen (secondary N) is 1. The Morgan fingerprint density at radius 3 is 1.57 bits per heavy atom. The summed E-state index contributed by atoms with van der Waals surface area (Å²) in [4.78, 5) is 2.36. The summed E-state index contributed by atoms with van der Waals surface area (Å²) in [5, 5.41) is 3.75. The molecule has 2 nitrogen and oxygen atoms in total. The number of nitrogens with zero attached hydrogens (tertiary/aromatic N) is 1. The molecule has 1 aliphatic rings. The van der Waals surface area contributed by atoms with Crippen LogP contribution in [-0.4, -0.2) is 35.6 Å². The first-order valence-electron chi connectivity index (χ1n) is 5.52. The van der Waals surface area contributed by atoms with Crippen molar-refractivity contribution in [1.29, 1.82) is 0 Å². The fourth-order valence-electron chi connectivity index (χ4n) is 3.23. The van der Waals surface area contributed by atoms with E-state index >= 15 is 0 Å². The summed E-state index contributed by atoms with van der Waals surface area (Å²) in [6.07, 6.45) is 0. The van der Waals surface area contributed by atoms with Crippen LogP contribution in [-0.2, 0) is 0 Å². The summed E-state index contributed by atoms with van der Waals surface area (Å²) < 4.78 is 0. The normalized spacial score (nSPS) is 40.5. The van der Waals surface area contributed by atoms with E-state index in [2.05, 4.69) is 65.9 Å². The SMILES string of the molecule is CC1C(C)(C)NC(C)(C)C1(C)N(C)C. The molecular formula is C12H26N2. The van der Waals surface area contributed by atoms with Gasteiger partial charge in [-0.05, 0) is 54.6 Å². The van der Waals surface area contributed by atoms with Crippen LogP contribution < -0.4 is 5.32 Å². The lowest BCUT2D eigenvalue weighted by Crippen LogP contribution is -2.59. The van der Waals surface area contributed by atoms with Gasteiger partial charge >= 0.3 is 0 Å². The monoisotopic (exact) mass is 198 g/mol. The van der Waals surface area contributed by atoms with E-state index in [1.807, 2.05) is 0 Å². The molecule has 0 bridgehead atoms. The van der Waals surface area contributed by atoms with Crippen LogP contribution in [0.2, 0.25) is 0 Å². The molecule has 84 valence electrons. The minimum absolute atomic E-state index is 0.152. The van der Waals surface area contributed by atoms with E-state index in [9.17, 15) is 0 Å². The third kappa shape index (κ3) is 1.31. The quantitative estimate of drug-likeness (QED) is 0.694. The van der Waals surface area contributed by atoms with E-state index in [1.165, 1.54) is 0 Å². The van der Waals surface area contributed by atoms with Gasteiger partial charge in [-0.2, -0.15) is 0 Å². The number of hydrogen-bond donors (Lipinski definition) is 1. The maximum absolute atomic E-state index is 3.75. The Balaban J connectivity index is 3.17. The zero-order chi connectivity index (χ0) is 11.4. The summed E-state index contributed by atoms with van der Waals surface area (Å²) >= 11 is 0. The number of rotatable bonds is 1. The number of likely N-dealkylation sites (N-methyl/N-ethyl adjacent to an activating group) is 1. The van der Waals surface area contributed by atoms with Crippen LogP contribution in [0.15, 0.2) is 0 Å². The van der Waals surface area contributed by atoms with Crippen molar-refractivity contribution >= 4 is 0 Å². The van der Waals surface area contributed by atoms with Gasteiger partial charge in [-0.1, -0.05) is 6.92 Å². The van der Waals surface area contributed by atoms with Crippen LogP contribution in [0.5, 0.6) is 0 Å². The molecule has 0 aromatic carbocycles. The lowest BCUT2D eigenvalue weighted by atomic mass is 9.72. The van der Waals surface area contributed by atoms with Crippen molar-refractivity contribution in [1.82, 2.24) is 10.2 Å². The van der Waals surface area contributed by atoms with Gasteiger partial charge in [-0.25, -0.2) is 0 Å². The molecule has 0 spiro atoms. The molecule has 2 unspecified atom stereocenters. The Morgan fingerprint density at radius 2 is 1.43 bits per heavy atom. The van der Waals surface area contributed by atoms with Crippen LogP contribution >= 0.6 is 0 Å². The zero-order valence-corrected chi connectivity index (χ0v) is 11.0. The molecule has 1 aliphatic heterocycles. The maximum Gasteiger partial charge on any atom is 0.0394 e. The van der Waals surface area contributed by atoms with Crippen molar-refractivity contribution in [2.45, 2.75) is 58.2 Å². The molecule has 0 aromatic rings. The van der Waals surface area contributed by atoms with Gasteiger partial charge in [0.1, 0.15) is 0 Å². The molecular weight excluding hydrogens is 172 g/mol. The molecule has 1 fully saturated rings. The Labute approximate surface area is 89.1 Å².